The molecule has 2 atom stereocenters. The van der Waals surface area contributed by atoms with Crippen LogP contribution in [0.1, 0.15) is 174 Å². The highest BCUT2D eigenvalue weighted by Crippen LogP contribution is 2.18. The zero-order valence-corrected chi connectivity index (χ0v) is 28.5. The normalized spacial score (nSPS) is 13.0. The van der Waals surface area contributed by atoms with Crippen LogP contribution in [0.3, 0.4) is 0 Å². The maximum atomic E-state index is 12.6. The van der Waals surface area contributed by atoms with Crippen LogP contribution in [0, 0.1) is 0 Å². The number of nitrogens with one attached hydrogen (secondary N) is 1. The van der Waals surface area contributed by atoms with Crippen LogP contribution in [0.25, 0.3) is 0 Å². The van der Waals surface area contributed by atoms with E-state index < -0.39 is 12.0 Å². The van der Waals surface area contributed by atoms with Crippen LogP contribution >= 0.6 is 0 Å². The molecule has 7 nitrogen and oxygen atoms in total. The summed E-state index contributed by atoms with van der Waals surface area (Å²) in [7, 11) is 0. The highest BCUT2D eigenvalue weighted by atomic mass is 16.5. The molecule has 7 heteroatoms. The van der Waals surface area contributed by atoms with Gasteiger partial charge in [-0.1, -0.05) is 102 Å². The summed E-state index contributed by atoms with van der Waals surface area (Å²) in [6, 6.07) is -0.862. The first kappa shape index (κ1) is 41.9. The lowest BCUT2D eigenvalue weighted by Crippen LogP contribution is -2.40. The SMILES string of the molecule is CCCCC/C=C\C/C=C\CCCCCCCC(=O)OC(CCCCCC)CCCCCCC(=O)NC(CCCN)C(=O)O. The van der Waals surface area contributed by atoms with Gasteiger partial charge in [0.05, 0.1) is 0 Å². The molecule has 0 aliphatic rings. The van der Waals surface area contributed by atoms with E-state index in [2.05, 4.69) is 43.5 Å². The van der Waals surface area contributed by atoms with Crippen LogP contribution in [0.15, 0.2) is 24.3 Å². The van der Waals surface area contributed by atoms with Gasteiger partial charge in [0, 0.05) is 12.8 Å². The maximum Gasteiger partial charge on any atom is 0.326 e. The molecule has 0 aliphatic heterocycles. The van der Waals surface area contributed by atoms with E-state index in [-0.39, 0.29) is 18.0 Å². The summed E-state index contributed by atoms with van der Waals surface area (Å²) >= 11 is 0. The molecule has 0 heterocycles. The van der Waals surface area contributed by atoms with Crippen molar-refractivity contribution in [3.63, 3.8) is 0 Å². The summed E-state index contributed by atoms with van der Waals surface area (Å²) in [5.41, 5.74) is 5.46. The Bertz CT molecular complexity index is 752. The van der Waals surface area contributed by atoms with Crippen molar-refractivity contribution >= 4 is 17.8 Å². The fraction of sp³-hybridized carbons (Fsp3) is 0.811. The number of carbonyl (C=O) groups excluding carboxylic acids is 2. The molecule has 4 N–H and O–H groups in total. The van der Waals surface area contributed by atoms with Crippen molar-refractivity contribution in [2.75, 3.05) is 6.54 Å². The highest BCUT2D eigenvalue weighted by molar-refractivity contribution is 5.83. The molecule has 0 bridgehead atoms. The molecular weight excluding hydrogens is 552 g/mol. The molecule has 256 valence electrons. The summed E-state index contributed by atoms with van der Waals surface area (Å²) in [4.78, 5) is 36.0. The van der Waals surface area contributed by atoms with Gasteiger partial charge in [-0.15, -0.1) is 0 Å². The predicted molar refractivity (Wildman–Crippen MR) is 184 cm³/mol. The monoisotopic (exact) mass is 621 g/mol. The lowest BCUT2D eigenvalue weighted by atomic mass is 10.0. The molecule has 0 aromatic carbocycles. The first-order valence-corrected chi connectivity index (χ1v) is 18.2. The van der Waals surface area contributed by atoms with Gasteiger partial charge in [-0.3, -0.25) is 9.59 Å². The van der Waals surface area contributed by atoms with E-state index in [1.165, 1.54) is 64.2 Å². The van der Waals surface area contributed by atoms with Gasteiger partial charge < -0.3 is 20.9 Å². The van der Waals surface area contributed by atoms with Gasteiger partial charge in [-0.2, -0.15) is 0 Å². The topological polar surface area (TPSA) is 119 Å². The van der Waals surface area contributed by atoms with Crippen molar-refractivity contribution in [2.45, 2.75) is 187 Å². The summed E-state index contributed by atoms with van der Waals surface area (Å²) in [5, 5.41) is 11.9. The average Bonchev–Trinajstić information content (AvgIpc) is 3.00. The Kier molecular flexibility index (Phi) is 30.7. The molecule has 44 heavy (non-hydrogen) atoms. The number of carboxylic acid groups (broad SMARTS) is 1. The number of carboxylic acids is 1. The minimum absolute atomic E-state index is 0.0144. The second kappa shape index (κ2) is 32.2. The first-order valence-electron chi connectivity index (χ1n) is 18.2. The molecule has 2 unspecified atom stereocenters. The van der Waals surface area contributed by atoms with E-state index in [0.29, 0.717) is 32.2 Å². The molecule has 0 fully saturated rings. The molecule has 0 aromatic rings. The van der Waals surface area contributed by atoms with E-state index in [1.54, 1.807) is 0 Å². The fourth-order valence-electron chi connectivity index (χ4n) is 5.24. The second-order valence-electron chi connectivity index (χ2n) is 12.3. The first-order chi connectivity index (χ1) is 21.4. The number of aliphatic carboxylic acids is 1. The average molecular weight is 621 g/mol. The van der Waals surface area contributed by atoms with Crippen molar-refractivity contribution < 1.29 is 24.2 Å². The number of unbranched alkanes of at least 4 members (excludes halogenated alkanes) is 14. The smallest absolute Gasteiger partial charge is 0.326 e. The fourth-order valence-corrected chi connectivity index (χ4v) is 5.24. The van der Waals surface area contributed by atoms with E-state index in [0.717, 1.165) is 70.6 Å². The molecular formula is C37H68N2O5. The quantitative estimate of drug-likeness (QED) is 0.0392. The lowest BCUT2D eigenvalue weighted by Gasteiger charge is -2.18. The van der Waals surface area contributed by atoms with E-state index in [9.17, 15) is 19.5 Å². The van der Waals surface area contributed by atoms with Crippen molar-refractivity contribution in [3.8, 4) is 0 Å². The van der Waals surface area contributed by atoms with Gasteiger partial charge in [0.1, 0.15) is 12.1 Å². The van der Waals surface area contributed by atoms with E-state index in [1.807, 2.05) is 0 Å². The molecule has 0 spiro atoms. The third-order valence-electron chi connectivity index (χ3n) is 8.02. The number of hydrogen-bond acceptors (Lipinski definition) is 5. The second-order valence-corrected chi connectivity index (χ2v) is 12.3. The number of ether oxygens (including phenoxy) is 1. The van der Waals surface area contributed by atoms with Gasteiger partial charge in [0.2, 0.25) is 5.91 Å². The minimum Gasteiger partial charge on any atom is -0.480 e. The number of carbonyl (C=O) groups is 3. The van der Waals surface area contributed by atoms with Crippen LogP contribution in [-0.4, -0.2) is 41.6 Å². The van der Waals surface area contributed by atoms with Gasteiger partial charge in [-0.05, 0) is 90.0 Å². The summed E-state index contributed by atoms with van der Waals surface area (Å²) in [5.74, 6) is -1.29. The van der Waals surface area contributed by atoms with Crippen molar-refractivity contribution in [1.29, 1.82) is 0 Å². The van der Waals surface area contributed by atoms with Crippen molar-refractivity contribution in [3.05, 3.63) is 24.3 Å². The Balaban J connectivity index is 4.09. The number of allylic oxidation sites excluding steroid dienone is 4. The molecule has 1 amide bonds. The lowest BCUT2D eigenvalue weighted by molar-refractivity contribution is -0.150. The summed E-state index contributed by atoms with van der Waals surface area (Å²) in [6.07, 6.45) is 33.8. The maximum absolute atomic E-state index is 12.6. The van der Waals surface area contributed by atoms with Crippen LogP contribution in [-0.2, 0) is 19.1 Å². The van der Waals surface area contributed by atoms with E-state index in [4.69, 9.17) is 10.5 Å². The molecule has 0 rings (SSSR count). The van der Waals surface area contributed by atoms with Gasteiger partial charge >= 0.3 is 11.9 Å². The van der Waals surface area contributed by atoms with E-state index >= 15 is 0 Å². The van der Waals surface area contributed by atoms with Crippen molar-refractivity contribution in [2.24, 2.45) is 5.73 Å². The Hall–Kier alpha value is -2.15. The number of nitrogens with two attached hydrogens (primary N) is 1. The summed E-state index contributed by atoms with van der Waals surface area (Å²) in [6.45, 7) is 4.85. The number of amides is 1. The van der Waals surface area contributed by atoms with Crippen LogP contribution in [0.4, 0.5) is 0 Å². The zero-order valence-electron chi connectivity index (χ0n) is 28.5. The van der Waals surface area contributed by atoms with Crippen molar-refractivity contribution in [1.82, 2.24) is 5.32 Å². The molecule has 0 saturated carbocycles. The van der Waals surface area contributed by atoms with Crippen LogP contribution in [0.5, 0.6) is 0 Å². The minimum atomic E-state index is -1.01. The Labute approximate surface area is 270 Å². The highest BCUT2D eigenvalue weighted by Gasteiger charge is 2.19. The number of rotatable bonds is 32. The van der Waals surface area contributed by atoms with Gasteiger partial charge in [0.15, 0.2) is 0 Å². The van der Waals surface area contributed by atoms with Crippen LogP contribution in [0.2, 0.25) is 0 Å². The van der Waals surface area contributed by atoms with Gasteiger partial charge in [0.25, 0.3) is 0 Å². The molecule has 0 aliphatic carbocycles. The number of esters is 1. The Morgan fingerprint density at radius 3 is 1.80 bits per heavy atom. The predicted octanol–water partition coefficient (Wildman–Crippen LogP) is 9.33. The molecule has 0 saturated heterocycles. The molecule has 0 radical (unpaired) electrons. The van der Waals surface area contributed by atoms with Gasteiger partial charge in [-0.25, -0.2) is 4.79 Å². The Morgan fingerprint density at radius 1 is 0.659 bits per heavy atom. The number of hydrogen-bond donors (Lipinski definition) is 3. The third-order valence-corrected chi connectivity index (χ3v) is 8.02. The standard InChI is InChI=1S/C37H68N2O5/c1-3-5-7-9-10-11-12-13-14-15-16-17-18-19-25-31-36(41)44-33(27-22-8-6-4-2)28-23-20-21-24-30-35(40)39-34(37(42)43)29-26-32-38/h10-11,13-14,33-34H,3-9,12,15-32,38H2,1-2H3,(H,39,40)(H,42,43)/b11-10-,14-13-. The van der Waals surface area contributed by atoms with Crippen LogP contribution < -0.4 is 11.1 Å². The third kappa shape index (κ3) is 28.6. The largest absolute Gasteiger partial charge is 0.480 e. The summed E-state index contributed by atoms with van der Waals surface area (Å²) < 4.78 is 5.91. The zero-order chi connectivity index (χ0) is 32.5. The Morgan fingerprint density at radius 2 is 1.18 bits per heavy atom. The molecule has 0 aromatic heterocycles.